The van der Waals surface area contributed by atoms with Crippen LogP contribution in [0.25, 0.3) is 0 Å². The number of benzene rings is 2. The van der Waals surface area contributed by atoms with E-state index in [2.05, 4.69) is 33.3 Å². The van der Waals surface area contributed by atoms with Gasteiger partial charge >= 0.3 is 0 Å². The lowest BCUT2D eigenvalue weighted by molar-refractivity contribution is 0.0935. The summed E-state index contributed by atoms with van der Waals surface area (Å²) in [6, 6.07) is 15.1. The summed E-state index contributed by atoms with van der Waals surface area (Å²) in [5, 5.41) is 7.01. The Balaban J connectivity index is 1.62. The van der Waals surface area contributed by atoms with E-state index in [9.17, 15) is 4.79 Å². The zero-order chi connectivity index (χ0) is 20.1. The number of nitrogens with one attached hydrogen (secondary N) is 1. The first-order valence-corrected chi connectivity index (χ1v) is 9.98. The fourth-order valence-corrected chi connectivity index (χ4v) is 3.19. The molecule has 146 valence electrons. The van der Waals surface area contributed by atoms with Crippen LogP contribution in [0.4, 0.5) is 0 Å². The van der Waals surface area contributed by atoms with Crippen molar-refractivity contribution >= 4 is 21.8 Å². The van der Waals surface area contributed by atoms with E-state index in [1.54, 1.807) is 24.3 Å². The van der Waals surface area contributed by atoms with Crippen molar-refractivity contribution in [2.75, 3.05) is 0 Å². The van der Waals surface area contributed by atoms with Gasteiger partial charge in [0.1, 0.15) is 18.1 Å². The first-order valence-electron chi connectivity index (χ1n) is 9.19. The van der Waals surface area contributed by atoms with Crippen LogP contribution in [-0.4, -0.2) is 11.1 Å². The maximum Gasteiger partial charge on any atom is 0.251 e. The van der Waals surface area contributed by atoms with Gasteiger partial charge in [-0.2, -0.15) is 0 Å². The number of hydrogen-bond acceptors (Lipinski definition) is 4. The Labute approximate surface area is 173 Å². The summed E-state index contributed by atoms with van der Waals surface area (Å²) in [5.74, 6) is 1.34. The molecule has 0 aliphatic heterocycles. The second kappa shape index (κ2) is 9.06. The van der Waals surface area contributed by atoms with E-state index in [-0.39, 0.29) is 11.9 Å². The van der Waals surface area contributed by atoms with Crippen molar-refractivity contribution in [2.45, 2.75) is 39.8 Å². The highest BCUT2D eigenvalue weighted by Crippen LogP contribution is 2.21. The molecule has 0 saturated heterocycles. The van der Waals surface area contributed by atoms with E-state index in [1.807, 2.05) is 38.1 Å². The first kappa shape index (κ1) is 20.1. The van der Waals surface area contributed by atoms with Crippen LogP contribution in [0.1, 0.15) is 52.3 Å². The van der Waals surface area contributed by atoms with Crippen molar-refractivity contribution in [2.24, 2.45) is 0 Å². The van der Waals surface area contributed by atoms with E-state index < -0.39 is 0 Å². The molecule has 1 atom stereocenters. The topological polar surface area (TPSA) is 64.4 Å². The number of aromatic nitrogens is 1. The van der Waals surface area contributed by atoms with Crippen LogP contribution < -0.4 is 10.1 Å². The summed E-state index contributed by atoms with van der Waals surface area (Å²) in [5.41, 5.74) is 3.45. The van der Waals surface area contributed by atoms with Gasteiger partial charge < -0.3 is 14.6 Å². The normalized spacial score (nSPS) is 11.9. The van der Waals surface area contributed by atoms with Crippen LogP contribution in [-0.2, 0) is 6.61 Å². The molecule has 1 amide bonds. The summed E-state index contributed by atoms with van der Waals surface area (Å²) in [7, 11) is 0. The number of carbonyl (C=O) groups excluding carboxylic acids is 1. The van der Waals surface area contributed by atoms with E-state index >= 15 is 0 Å². The van der Waals surface area contributed by atoms with Gasteiger partial charge in [-0.25, -0.2) is 0 Å². The lowest BCUT2D eigenvalue weighted by Gasteiger charge is -2.18. The van der Waals surface area contributed by atoms with Gasteiger partial charge in [0.15, 0.2) is 0 Å². The number of carbonyl (C=O) groups is 1. The fourth-order valence-electron chi connectivity index (χ4n) is 2.92. The second-order valence-electron chi connectivity index (χ2n) is 6.60. The SMILES string of the molecule is CCC(NC(=O)c1ccc(OCc2c(C)noc2C)cc1)c1ccc(Br)cc1. The minimum atomic E-state index is -0.105. The third-order valence-corrected chi connectivity index (χ3v) is 5.20. The van der Waals surface area contributed by atoms with Gasteiger partial charge in [-0.15, -0.1) is 0 Å². The van der Waals surface area contributed by atoms with Crippen LogP contribution in [0.5, 0.6) is 5.75 Å². The molecule has 1 N–H and O–H groups in total. The van der Waals surface area contributed by atoms with E-state index in [4.69, 9.17) is 9.26 Å². The lowest BCUT2D eigenvalue weighted by Crippen LogP contribution is -2.28. The number of amides is 1. The number of nitrogens with zero attached hydrogens (tertiary/aromatic N) is 1. The fraction of sp³-hybridized carbons (Fsp3) is 0.273. The van der Waals surface area contributed by atoms with Crippen molar-refractivity contribution in [3.05, 3.63) is 81.1 Å². The zero-order valence-corrected chi connectivity index (χ0v) is 17.7. The van der Waals surface area contributed by atoms with Crippen LogP contribution in [0.15, 0.2) is 57.5 Å². The van der Waals surface area contributed by atoms with Gasteiger partial charge in [-0.05, 0) is 62.2 Å². The summed E-state index contributed by atoms with van der Waals surface area (Å²) >= 11 is 3.44. The average Bonchev–Trinajstić information content (AvgIpc) is 3.03. The molecule has 1 aromatic heterocycles. The Morgan fingerprint density at radius 3 is 2.39 bits per heavy atom. The molecule has 0 aliphatic carbocycles. The predicted molar refractivity (Wildman–Crippen MR) is 111 cm³/mol. The Morgan fingerprint density at radius 2 is 1.82 bits per heavy atom. The summed E-state index contributed by atoms with van der Waals surface area (Å²) in [4.78, 5) is 12.6. The van der Waals surface area contributed by atoms with Crippen molar-refractivity contribution in [3.63, 3.8) is 0 Å². The molecule has 28 heavy (non-hydrogen) atoms. The standard InChI is InChI=1S/C22H23BrN2O3/c1-4-21(16-5-9-18(23)10-6-16)24-22(26)17-7-11-19(12-8-17)27-13-20-14(2)25-28-15(20)3/h5-12,21H,4,13H2,1-3H3,(H,24,26). The smallest absolute Gasteiger partial charge is 0.251 e. The van der Waals surface area contributed by atoms with E-state index in [0.29, 0.717) is 17.9 Å². The molecule has 5 nitrogen and oxygen atoms in total. The highest BCUT2D eigenvalue weighted by molar-refractivity contribution is 9.10. The Morgan fingerprint density at radius 1 is 1.14 bits per heavy atom. The number of halogens is 1. The average molecular weight is 443 g/mol. The van der Waals surface area contributed by atoms with E-state index in [0.717, 1.165) is 33.5 Å². The van der Waals surface area contributed by atoms with Crippen LogP contribution >= 0.6 is 15.9 Å². The summed E-state index contributed by atoms with van der Waals surface area (Å²) in [6.45, 7) is 6.19. The van der Waals surface area contributed by atoms with Crippen molar-refractivity contribution in [1.29, 1.82) is 0 Å². The Hall–Kier alpha value is -2.60. The summed E-state index contributed by atoms with van der Waals surface area (Å²) in [6.07, 6.45) is 0.812. The molecule has 6 heteroatoms. The van der Waals surface area contributed by atoms with Gasteiger partial charge in [0.2, 0.25) is 0 Å². The van der Waals surface area contributed by atoms with Crippen LogP contribution in [0.3, 0.4) is 0 Å². The van der Waals surface area contributed by atoms with Gasteiger partial charge in [0.05, 0.1) is 17.3 Å². The molecule has 0 fully saturated rings. The number of ether oxygens (including phenoxy) is 1. The van der Waals surface area contributed by atoms with Gasteiger partial charge in [-0.1, -0.05) is 40.1 Å². The molecule has 3 aromatic rings. The third kappa shape index (κ3) is 4.81. The van der Waals surface area contributed by atoms with E-state index in [1.165, 1.54) is 0 Å². The van der Waals surface area contributed by atoms with Crippen molar-refractivity contribution in [3.8, 4) is 5.75 Å². The lowest BCUT2D eigenvalue weighted by atomic mass is 10.0. The Kier molecular flexibility index (Phi) is 6.52. The largest absolute Gasteiger partial charge is 0.489 e. The third-order valence-electron chi connectivity index (χ3n) is 4.67. The molecule has 3 rings (SSSR count). The maximum absolute atomic E-state index is 12.6. The quantitative estimate of drug-likeness (QED) is 0.523. The van der Waals surface area contributed by atoms with Crippen LogP contribution in [0, 0.1) is 13.8 Å². The minimum Gasteiger partial charge on any atom is -0.489 e. The number of hydrogen-bond donors (Lipinski definition) is 1. The molecule has 1 unspecified atom stereocenters. The molecule has 0 radical (unpaired) electrons. The Bertz CT molecular complexity index is 914. The van der Waals surface area contributed by atoms with Gasteiger partial charge in [0.25, 0.3) is 5.91 Å². The highest BCUT2D eigenvalue weighted by Gasteiger charge is 2.14. The molecule has 0 spiro atoms. The summed E-state index contributed by atoms with van der Waals surface area (Å²) < 4.78 is 12.0. The van der Waals surface area contributed by atoms with Crippen molar-refractivity contribution in [1.82, 2.24) is 10.5 Å². The molecule has 2 aromatic carbocycles. The first-order chi connectivity index (χ1) is 13.5. The van der Waals surface area contributed by atoms with Gasteiger partial charge in [0, 0.05) is 10.0 Å². The monoisotopic (exact) mass is 442 g/mol. The number of rotatable bonds is 7. The highest BCUT2D eigenvalue weighted by atomic mass is 79.9. The predicted octanol–water partition coefficient (Wildman–Crippen LogP) is 5.51. The van der Waals surface area contributed by atoms with Crippen LogP contribution in [0.2, 0.25) is 0 Å². The zero-order valence-electron chi connectivity index (χ0n) is 16.2. The van der Waals surface area contributed by atoms with Crippen molar-refractivity contribution < 1.29 is 14.1 Å². The molecular weight excluding hydrogens is 420 g/mol. The maximum atomic E-state index is 12.6. The molecule has 1 heterocycles. The second-order valence-corrected chi connectivity index (χ2v) is 7.52. The molecular formula is C22H23BrN2O3. The minimum absolute atomic E-state index is 0.0314. The van der Waals surface area contributed by atoms with Gasteiger partial charge in [-0.3, -0.25) is 4.79 Å². The molecule has 0 bridgehead atoms. The molecule has 0 aliphatic rings. The molecule has 0 saturated carbocycles. The number of aryl methyl sites for hydroxylation is 2.